The van der Waals surface area contributed by atoms with Gasteiger partial charge in [0.05, 0.1) is 0 Å². The zero-order valence-electron chi connectivity index (χ0n) is 12.9. The van der Waals surface area contributed by atoms with Gasteiger partial charge in [0.1, 0.15) is 0 Å². The predicted molar refractivity (Wildman–Crippen MR) is 87.5 cm³/mol. The topological polar surface area (TPSA) is 15.3 Å². The van der Waals surface area contributed by atoms with Crippen LogP contribution in [0.1, 0.15) is 46.0 Å². The summed E-state index contributed by atoms with van der Waals surface area (Å²) in [5.41, 5.74) is 2.68. The van der Waals surface area contributed by atoms with Crippen molar-refractivity contribution in [2.24, 2.45) is 11.8 Å². The van der Waals surface area contributed by atoms with Gasteiger partial charge in [0.15, 0.2) is 0 Å². The highest BCUT2D eigenvalue weighted by molar-refractivity contribution is 5.55. The van der Waals surface area contributed by atoms with Gasteiger partial charge in [-0.25, -0.2) is 0 Å². The summed E-state index contributed by atoms with van der Waals surface area (Å²) in [5.74, 6) is 1.72. The van der Waals surface area contributed by atoms with Crippen molar-refractivity contribution >= 4 is 11.4 Å². The molecule has 2 heteroatoms. The maximum atomic E-state index is 3.74. The van der Waals surface area contributed by atoms with Crippen LogP contribution >= 0.6 is 0 Å². The summed E-state index contributed by atoms with van der Waals surface area (Å²) >= 11 is 0. The predicted octanol–water partition coefficient (Wildman–Crippen LogP) is 4.52. The van der Waals surface area contributed by atoms with Gasteiger partial charge in [-0.2, -0.15) is 0 Å². The van der Waals surface area contributed by atoms with Crippen molar-refractivity contribution in [2.45, 2.75) is 52.0 Å². The van der Waals surface area contributed by atoms with E-state index in [1.54, 1.807) is 0 Å². The van der Waals surface area contributed by atoms with Gasteiger partial charge in [-0.1, -0.05) is 13.8 Å². The van der Waals surface area contributed by atoms with E-state index in [0.717, 1.165) is 11.8 Å². The fourth-order valence-electron chi connectivity index (χ4n) is 4.04. The molecule has 2 atom stereocenters. The molecule has 110 valence electrons. The van der Waals surface area contributed by atoms with E-state index in [1.165, 1.54) is 56.6 Å². The highest BCUT2D eigenvalue weighted by Gasteiger charge is 2.23. The zero-order chi connectivity index (χ0) is 13.9. The summed E-state index contributed by atoms with van der Waals surface area (Å²) in [6, 6.07) is 9.74. The average molecular weight is 272 g/mol. The summed E-state index contributed by atoms with van der Waals surface area (Å²) in [6.07, 6.45) is 6.72. The molecule has 2 fully saturated rings. The average Bonchev–Trinajstić information content (AvgIpc) is 2.92. The van der Waals surface area contributed by atoms with E-state index in [2.05, 4.69) is 48.3 Å². The van der Waals surface area contributed by atoms with E-state index in [4.69, 9.17) is 0 Å². The molecule has 2 aliphatic rings. The third-order valence-electron chi connectivity index (χ3n) is 4.89. The minimum Gasteiger partial charge on any atom is -0.382 e. The largest absolute Gasteiger partial charge is 0.382 e. The van der Waals surface area contributed by atoms with Crippen LogP contribution in [0.15, 0.2) is 24.3 Å². The first kappa shape index (κ1) is 13.8. The molecule has 1 N–H and O–H groups in total. The summed E-state index contributed by atoms with van der Waals surface area (Å²) in [7, 11) is 0. The van der Waals surface area contributed by atoms with Crippen LogP contribution in [0.5, 0.6) is 0 Å². The minimum absolute atomic E-state index is 0.659. The lowest BCUT2D eigenvalue weighted by Gasteiger charge is -2.32. The first-order chi connectivity index (χ1) is 9.70. The number of nitrogens with one attached hydrogen (secondary N) is 1. The third kappa shape index (κ3) is 3.28. The zero-order valence-corrected chi connectivity index (χ0v) is 12.9. The van der Waals surface area contributed by atoms with Crippen LogP contribution in [0.4, 0.5) is 11.4 Å². The van der Waals surface area contributed by atoms with E-state index >= 15 is 0 Å². The second kappa shape index (κ2) is 6.07. The standard InChI is InChI=1S/C18H28N2/c1-14-11-15(2)13-17(12-14)19-16-5-7-18(8-6-16)20-9-3-4-10-20/h5-8,14-15,17,19H,3-4,9-13H2,1-2H3. The molecule has 1 aliphatic heterocycles. The van der Waals surface area contributed by atoms with Crippen LogP contribution in [0.3, 0.4) is 0 Å². The van der Waals surface area contributed by atoms with Crippen LogP contribution in [0.2, 0.25) is 0 Å². The number of hydrogen-bond acceptors (Lipinski definition) is 2. The molecule has 1 saturated carbocycles. The van der Waals surface area contributed by atoms with Crippen LogP contribution in [0, 0.1) is 11.8 Å². The Balaban J connectivity index is 1.60. The lowest BCUT2D eigenvalue weighted by Crippen LogP contribution is -2.30. The normalized spacial score (nSPS) is 30.5. The van der Waals surface area contributed by atoms with Gasteiger partial charge < -0.3 is 10.2 Å². The lowest BCUT2D eigenvalue weighted by molar-refractivity contribution is 0.281. The molecule has 1 aromatic carbocycles. The maximum Gasteiger partial charge on any atom is 0.0367 e. The van der Waals surface area contributed by atoms with Gasteiger partial charge in [0.25, 0.3) is 0 Å². The van der Waals surface area contributed by atoms with Crippen LogP contribution in [0.25, 0.3) is 0 Å². The maximum absolute atomic E-state index is 3.74. The Morgan fingerprint density at radius 2 is 1.50 bits per heavy atom. The van der Waals surface area contributed by atoms with Crippen molar-refractivity contribution in [3.8, 4) is 0 Å². The smallest absolute Gasteiger partial charge is 0.0367 e. The van der Waals surface area contributed by atoms with Gasteiger partial charge in [-0.3, -0.25) is 0 Å². The van der Waals surface area contributed by atoms with Crippen LogP contribution in [-0.4, -0.2) is 19.1 Å². The molecule has 1 aromatic rings. The molecule has 0 spiro atoms. The fourth-order valence-corrected chi connectivity index (χ4v) is 4.04. The Morgan fingerprint density at radius 1 is 0.900 bits per heavy atom. The van der Waals surface area contributed by atoms with E-state index in [9.17, 15) is 0 Å². The van der Waals surface area contributed by atoms with E-state index in [-0.39, 0.29) is 0 Å². The van der Waals surface area contributed by atoms with Crippen LogP contribution in [-0.2, 0) is 0 Å². The van der Waals surface area contributed by atoms with Crippen molar-refractivity contribution in [2.75, 3.05) is 23.3 Å². The summed E-state index contributed by atoms with van der Waals surface area (Å²) < 4.78 is 0. The minimum atomic E-state index is 0.659. The Kier molecular flexibility index (Phi) is 4.18. The molecule has 1 aliphatic carbocycles. The van der Waals surface area contributed by atoms with Crippen molar-refractivity contribution in [3.63, 3.8) is 0 Å². The molecule has 3 rings (SSSR count). The van der Waals surface area contributed by atoms with E-state index in [0.29, 0.717) is 6.04 Å². The molecule has 2 unspecified atom stereocenters. The highest BCUT2D eigenvalue weighted by Crippen LogP contribution is 2.31. The van der Waals surface area contributed by atoms with E-state index in [1.807, 2.05) is 0 Å². The Bertz CT molecular complexity index is 410. The SMILES string of the molecule is CC1CC(C)CC(Nc2ccc(N3CCCC3)cc2)C1. The molecule has 0 amide bonds. The van der Waals surface area contributed by atoms with Crippen molar-refractivity contribution in [3.05, 3.63) is 24.3 Å². The quantitative estimate of drug-likeness (QED) is 0.870. The summed E-state index contributed by atoms with van der Waals surface area (Å²) in [5, 5.41) is 3.74. The number of rotatable bonds is 3. The third-order valence-corrected chi connectivity index (χ3v) is 4.89. The van der Waals surface area contributed by atoms with Gasteiger partial charge in [0.2, 0.25) is 0 Å². The fraction of sp³-hybridized carbons (Fsp3) is 0.667. The van der Waals surface area contributed by atoms with Gasteiger partial charge in [0, 0.05) is 30.5 Å². The molecule has 1 saturated heterocycles. The van der Waals surface area contributed by atoms with Crippen molar-refractivity contribution < 1.29 is 0 Å². The van der Waals surface area contributed by atoms with Crippen molar-refractivity contribution in [1.82, 2.24) is 0 Å². The molecule has 0 bridgehead atoms. The molecular formula is C18H28N2. The second-order valence-electron chi connectivity index (χ2n) is 7.00. The monoisotopic (exact) mass is 272 g/mol. The molecule has 0 radical (unpaired) electrons. The Hall–Kier alpha value is -1.18. The molecule has 2 nitrogen and oxygen atoms in total. The molecule has 20 heavy (non-hydrogen) atoms. The lowest BCUT2D eigenvalue weighted by atomic mass is 9.80. The number of benzene rings is 1. The van der Waals surface area contributed by atoms with E-state index < -0.39 is 0 Å². The highest BCUT2D eigenvalue weighted by atomic mass is 15.1. The van der Waals surface area contributed by atoms with Crippen LogP contribution < -0.4 is 10.2 Å². The molecule has 1 heterocycles. The van der Waals surface area contributed by atoms with Gasteiger partial charge in [-0.15, -0.1) is 0 Å². The molecular weight excluding hydrogens is 244 g/mol. The number of hydrogen-bond donors (Lipinski definition) is 1. The summed E-state index contributed by atoms with van der Waals surface area (Å²) in [6.45, 7) is 7.23. The number of nitrogens with zero attached hydrogens (tertiary/aromatic N) is 1. The second-order valence-corrected chi connectivity index (χ2v) is 7.00. The summed E-state index contributed by atoms with van der Waals surface area (Å²) in [4.78, 5) is 2.49. The van der Waals surface area contributed by atoms with Crippen molar-refractivity contribution in [1.29, 1.82) is 0 Å². The van der Waals surface area contributed by atoms with Gasteiger partial charge >= 0.3 is 0 Å². The first-order valence-electron chi connectivity index (χ1n) is 8.32. The number of anilines is 2. The first-order valence-corrected chi connectivity index (χ1v) is 8.32. The molecule has 0 aromatic heterocycles. The van der Waals surface area contributed by atoms with Gasteiger partial charge in [-0.05, 0) is 68.2 Å². The Labute approximate surface area is 123 Å². The Morgan fingerprint density at radius 3 is 2.10 bits per heavy atom.